The number of nitrogens with two attached hydrogens (primary N) is 1. The van der Waals surface area contributed by atoms with Gasteiger partial charge < -0.3 is 20.5 Å². The lowest BCUT2D eigenvalue weighted by molar-refractivity contribution is 0.0601. The van der Waals surface area contributed by atoms with E-state index in [-0.39, 0.29) is 5.56 Å². The molecule has 0 bridgehead atoms. The van der Waals surface area contributed by atoms with Gasteiger partial charge in [-0.1, -0.05) is 11.6 Å². The first-order valence-corrected chi connectivity index (χ1v) is 6.37. The molecule has 7 heteroatoms. The van der Waals surface area contributed by atoms with Gasteiger partial charge >= 0.3 is 5.97 Å². The van der Waals surface area contributed by atoms with Gasteiger partial charge in [0.05, 0.1) is 31.1 Å². The summed E-state index contributed by atoms with van der Waals surface area (Å²) in [4.78, 5) is 15.8. The Morgan fingerprint density at radius 3 is 2.71 bits per heavy atom. The van der Waals surface area contributed by atoms with Gasteiger partial charge in [0.1, 0.15) is 17.1 Å². The number of nitrogens with zero attached hydrogens (tertiary/aromatic N) is 1. The highest BCUT2D eigenvalue weighted by Gasteiger charge is 2.14. The monoisotopic (exact) mass is 307 g/mol. The van der Waals surface area contributed by atoms with Crippen molar-refractivity contribution in [3.05, 3.63) is 41.0 Å². The average molecular weight is 308 g/mol. The summed E-state index contributed by atoms with van der Waals surface area (Å²) < 4.78 is 9.79. The van der Waals surface area contributed by atoms with Gasteiger partial charge in [0.15, 0.2) is 0 Å². The van der Waals surface area contributed by atoms with E-state index in [1.54, 1.807) is 18.2 Å². The summed E-state index contributed by atoms with van der Waals surface area (Å²) in [6, 6.07) is 6.62. The Kier molecular flexibility index (Phi) is 4.49. The van der Waals surface area contributed by atoms with Crippen LogP contribution in [0.15, 0.2) is 30.5 Å². The highest BCUT2D eigenvalue weighted by molar-refractivity contribution is 6.32. The van der Waals surface area contributed by atoms with Crippen LogP contribution in [0, 0.1) is 0 Å². The molecule has 0 saturated heterocycles. The largest absolute Gasteiger partial charge is 0.495 e. The van der Waals surface area contributed by atoms with Crippen molar-refractivity contribution in [3.8, 4) is 5.75 Å². The van der Waals surface area contributed by atoms with Crippen LogP contribution in [-0.4, -0.2) is 25.2 Å². The third-order valence-electron chi connectivity index (χ3n) is 2.73. The molecule has 0 aliphatic carbocycles. The Hall–Kier alpha value is -2.47. The maximum Gasteiger partial charge on any atom is 0.341 e. The van der Waals surface area contributed by atoms with Crippen molar-refractivity contribution in [1.82, 2.24) is 4.98 Å². The Labute approximate surface area is 126 Å². The number of pyridine rings is 1. The van der Waals surface area contributed by atoms with Crippen LogP contribution in [0.2, 0.25) is 5.02 Å². The molecule has 1 heterocycles. The van der Waals surface area contributed by atoms with E-state index in [2.05, 4.69) is 10.3 Å². The van der Waals surface area contributed by atoms with Crippen LogP contribution in [-0.2, 0) is 4.74 Å². The zero-order valence-corrected chi connectivity index (χ0v) is 12.3. The van der Waals surface area contributed by atoms with Crippen molar-refractivity contribution in [2.45, 2.75) is 0 Å². The molecule has 0 atom stereocenters. The lowest BCUT2D eigenvalue weighted by atomic mass is 10.2. The van der Waals surface area contributed by atoms with Crippen LogP contribution in [0.25, 0.3) is 0 Å². The Morgan fingerprint density at radius 1 is 1.33 bits per heavy atom. The minimum Gasteiger partial charge on any atom is -0.495 e. The van der Waals surface area contributed by atoms with Gasteiger partial charge in [0.2, 0.25) is 0 Å². The molecule has 2 aromatic rings. The van der Waals surface area contributed by atoms with Gasteiger partial charge in [-0.05, 0) is 24.3 Å². The zero-order valence-electron chi connectivity index (χ0n) is 11.5. The lowest BCUT2D eigenvalue weighted by Crippen LogP contribution is -2.08. The van der Waals surface area contributed by atoms with Crippen LogP contribution < -0.4 is 15.8 Å². The molecule has 6 nitrogen and oxygen atoms in total. The van der Waals surface area contributed by atoms with E-state index < -0.39 is 5.97 Å². The topological polar surface area (TPSA) is 86.5 Å². The molecule has 0 fully saturated rings. The third kappa shape index (κ3) is 3.35. The number of carbonyl (C=O) groups excluding carboxylic acids is 1. The fraction of sp³-hybridized carbons (Fsp3) is 0.143. The summed E-state index contributed by atoms with van der Waals surface area (Å²) in [5.41, 5.74) is 6.90. The lowest BCUT2D eigenvalue weighted by Gasteiger charge is -2.11. The van der Waals surface area contributed by atoms with Crippen molar-refractivity contribution in [2.24, 2.45) is 0 Å². The Balaban J connectivity index is 2.35. The number of esters is 1. The Morgan fingerprint density at radius 2 is 2.10 bits per heavy atom. The van der Waals surface area contributed by atoms with Crippen molar-refractivity contribution >= 4 is 34.8 Å². The summed E-state index contributed by atoms with van der Waals surface area (Å²) in [7, 11) is 2.82. The number of nitrogens with one attached hydrogen (secondary N) is 1. The second-order valence-corrected chi connectivity index (χ2v) is 4.54. The molecule has 0 aliphatic heterocycles. The summed E-state index contributed by atoms with van der Waals surface area (Å²) in [6.45, 7) is 0. The molecule has 2 rings (SSSR count). The number of ether oxygens (including phenoxy) is 2. The van der Waals surface area contributed by atoms with Crippen LogP contribution in [0.4, 0.5) is 17.2 Å². The molecule has 0 spiro atoms. The molecule has 0 amide bonds. The van der Waals surface area contributed by atoms with E-state index in [4.69, 9.17) is 26.8 Å². The van der Waals surface area contributed by atoms with Crippen molar-refractivity contribution < 1.29 is 14.3 Å². The quantitative estimate of drug-likeness (QED) is 0.845. The second-order valence-electron chi connectivity index (χ2n) is 4.13. The first kappa shape index (κ1) is 14.9. The summed E-state index contributed by atoms with van der Waals surface area (Å²) >= 11 is 6.05. The number of benzene rings is 1. The number of rotatable bonds is 4. The fourth-order valence-electron chi connectivity index (χ4n) is 1.73. The van der Waals surface area contributed by atoms with E-state index in [9.17, 15) is 4.79 Å². The highest BCUT2D eigenvalue weighted by Crippen LogP contribution is 2.29. The molecule has 0 saturated carbocycles. The standard InChI is InChI=1S/C14H14ClN3O3/c1-20-12-4-3-9(6-11(12)15)18-13-10(14(19)21-2)5-8(16)7-17-13/h3-7H,16H2,1-2H3,(H,17,18). The zero-order chi connectivity index (χ0) is 15.4. The molecule has 1 aromatic carbocycles. The molecule has 0 aliphatic rings. The molecule has 3 N–H and O–H groups in total. The first-order valence-electron chi connectivity index (χ1n) is 5.99. The minimum absolute atomic E-state index is 0.240. The maximum absolute atomic E-state index is 11.7. The normalized spacial score (nSPS) is 10.0. The molecule has 110 valence electrons. The predicted octanol–water partition coefficient (Wildman–Crippen LogP) is 2.86. The first-order chi connectivity index (χ1) is 10.0. The number of methoxy groups -OCH3 is 2. The van der Waals surface area contributed by atoms with Crippen LogP contribution in [0.3, 0.4) is 0 Å². The van der Waals surface area contributed by atoms with E-state index in [1.165, 1.54) is 26.5 Å². The van der Waals surface area contributed by atoms with E-state index >= 15 is 0 Å². The minimum atomic E-state index is -0.531. The molecule has 21 heavy (non-hydrogen) atoms. The SMILES string of the molecule is COC(=O)c1cc(N)cnc1Nc1ccc(OC)c(Cl)c1. The van der Waals surface area contributed by atoms with Gasteiger partial charge in [-0.25, -0.2) is 9.78 Å². The van der Waals surface area contributed by atoms with E-state index in [0.717, 1.165) is 0 Å². The number of hydrogen-bond acceptors (Lipinski definition) is 6. The van der Waals surface area contributed by atoms with Gasteiger partial charge in [0.25, 0.3) is 0 Å². The van der Waals surface area contributed by atoms with Gasteiger partial charge in [0, 0.05) is 5.69 Å². The Bertz CT molecular complexity index is 677. The van der Waals surface area contributed by atoms with Crippen LogP contribution >= 0.6 is 11.6 Å². The number of halogens is 1. The predicted molar refractivity (Wildman–Crippen MR) is 81.3 cm³/mol. The van der Waals surface area contributed by atoms with Gasteiger partial charge in [-0.2, -0.15) is 0 Å². The summed E-state index contributed by atoms with van der Waals surface area (Å²) in [6.07, 6.45) is 1.44. The maximum atomic E-state index is 11.7. The molecule has 1 aromatic heterocycles. The van der Waals surface area contributed by atoms with Gasteiger partial charge in [-0.15, -0.1) is 0 Å². The van der Waals surface area contributed by atoms with Crippen LogP contribution in [0.5, 0.6) is 5.75 Å². The average Bonchev–Trinajstić information content (AvgIpc) is 2.48. The second kappa shape index (κ2) is 6.32. The van der Waals surface area contributed by atoms with Crippen molar-refractivity contribution in [3.63, 3.8) is 0 Å². The highest BCUT2D eigenvalue weighted by atomic mass is 35.5. The number of aromatic nitrogens is 1. The number of nitrogen functional groups attached to an aromatic ring is 1. The number of anilines is 3. The third-order valence-corrected chi connectivity index (χ3v) is 3.02. The van der Waals surface area contributed by atoms with Crippen molar-refractivity contribution in [2.75, 3.05) is 25.3 Å². The molecular formula is C14H14ClN3O3. The fourth-order valence-corrected chi connectivity index (χ4v) is 1.98. The number of hydrogen-bond donors (Lipinski definition) is 2. The van der Waals surface area contributed by atoms with E-state index in [0.29, 0.717) is 28.0 Å². The van der Waals surface area contributed by atoms with Crippen molar-refractivity contribution in [1.29, 1.82) is 0 Å². The van der Waals surface area contributed by atoms with Gasteiger partial charge in [-0.3, -0.25) is 0 Å². The van der Waals surface area contributed by atoms with E-state index in [1.807, 2.05) is 0 Å². The summed E-state index contributed by atoms with van der Waals surface area (Å²) in [5.74, 6) is 0.356. The molecule has 0 unspecified atom stereocenters. The molecular weight excluding hydrogens is 294 g/mol. The van der Waals surface area contributed by atoms with Crippen LogP contribution in [0.1, 0.15) is 10.4 Å². The molecule has 0 radical (unpaired) electrons. The smallest absolute Gasteiger partial charge is 0.341 e. The summed E-state index contributed by atoms with van der Waals surface area (Å²) in [5, 5.41) is 3.44. The number of carbonyl (C=O) groups is 1.